The topological polar surface area (TPSA) is 76.1 Å². The van der Waals surface area contributed by atoms with Gasteiger partial charge in [-0.2, -0.15) is 0 Å². The van der Waals surface area contributed by atoms with Crippen molar-refractivity contribution in [3.05, 3.63) is 62.5 Å². The summed E-state index contributed by atoms with van der Waals surface area (Å²) < 4.78 is 11.4. The lowest BCUT2D eigenvalue weighted by Crippen LogP contribution is -2.33. The van der Waals surface area contributed by atoms with Gasteiger partial charge in [0, 0.05) is 15.6 Å². The third-order valence-electron chi connectivity index (χ3n) is 4.05. The highest BCUT2D eigenvalue weighted by Crippen LogP contribution is 2.35. The number of hydrogen-bond donors (Lipinski definition) is 1. The van der Waals surface area contributed by atoms with Crippen molar-refractivity contribution in [2.24, 2.45) is 0 Å². The van der Waals surface area contributed by atoms with Crippen LogP contribution in [-0.2, 0) is 16.2 Å². The second-order valence-electron chi connectivity index (χ2n) is 6.10. The molecule has 0 aliphatic carbocycles. The Morgan fingerprint density at radius 2 is 2.00 bits per heavy atom. The van der Waals surface area contributed by atoms with E-state index < -0.39 is 18.4 Å². The summed E-state index contributed by atoms with van der Waals surface area (Å²) in [5, 5.41) is 9.95. The van der Waals surface area contributed by atoms with Gasteiger partial charge < -0.3 is 14.6 Å². The van der Waals surface area contributed by atoms with Crippen LogP contribution in [0.2, 0.25) is 10.0 Å². The number of carboxylic acid groups (broad SMARTS) is 1. The number of nitrogens with zero attached hydrogens (tertiary/aromatic N) is 1. The number of aliphatic carboxylic acids is 1. The van der Waals surface area contributed by atoms with Crippen molar-refractivity contribution in [1.82, 2.24) is 4.90 Å². The fourth-order valence-corrected chi connectivity index (χ4v) is 4.33. The van der Waals surface area contributed by atoms with Gasteiger partial charge in [-0.1, -0.05) is 59.3 Å². The second kappa shape index (κ2) is 9.70. The number of carboxylic acids is 1. The summed E-state index contributed by atoms with van der Waals surface area (Å²) in [7, 11) is 1.52. The van der Waals surface area contributed by atoms with Gasteiger partial charge in [-0.05, 0) is 35.9 Å². The molecule has 2 aromatic carbocycles. The van der Waals surface area contributed by atoms with Gasteiger partial charge in [-0.15, -0.1) is 0 Å². The molecular weight excluding hydrogens is 469 g/mol. The maximum atomic E-state index is 12.4. The predicted molar refractivity (Wildman–Crippen MR) is 121 cm³/mol. The zero-order chi connectivity index (χ0) is 21.8. The van der Waals surface area contributed by atoms with Crippen LogP contribution in [0, 0.1) is 0 Å². The molecule has 1 saturated heterocycles. The van der Waals surface area contributed by atoms with Crippen LogP contribution < -0.4 is 9.47 Å². The number of benzene rings is 2. The molecule has 1 amide bonds. The van der Waals surface area contributed by atoms with Crippen LogP contribution >= 0.6 is 47.2 Å². The molecule has 2 aromatic rings. The Bertz CT molecular complexity index is 1060. The Hall–Kier alpha value is -2.26. The van der Waals surface area contributed by atoms with E-state index in [1.54, 1.807) is 42.5 Å². The van der Waals surface area contributed by atoms with Crippen LogP contribution in [0.1, 0.15) is 11.1 Å². The SMILES string of the molecule is COc1ccc(/C=C2/SC(=S)N(CC(=O)O)C2=O)cc1OCc1ccc(Cl)cc1Cl. The monoisotopic (exact) mass is 483 g/mol. The number of hydrogen-bond acceptors (Lipinski definition) is 6. The molecule has 0 spiro atoms. The number of ether oxygens (including phenoxy) is 2. The maximum Gasteiger partial charge on any atom is 0.323 e. The molecule has 0 radical (unpaired) electrons. The number of carbonyl (C=O) groups is 2. The van der Waals surface area contributed by atoms with E-state index in [9.17, 15) is 9.59 Å². The fraction of sp³-hybridized carbons (Fsp3) is 0.150. The van der Waals surface area contributed by atoms with Crippen molar-refractivity contribution in [3.63, 3.8) is 0 Å². The number of thiocarbonyl (C=S) groups is 1. The van der Waals surface area contributed by atoms with Crippen molar-refractivity contribution >= 4 is 69.5 Å². The minimum atomic E-state index is -1.13. The van der Waals surface area contributed by atoms with Gasteiger partial charge in [0.2, 0.25) is 0 Å². The predicted octanol–water partition coefficient (Wildman–Crippen LogP) is 4.87. The molecule has 1 fully saturated rings. The summed E-state index contributed by atoms with van der Waals surface area (Å²) in [4.78, 5) is 24.8. The lowest BCUT2D eigenvalue weighted by molar-refractivity contribution is -0.140. The molecule has 156 valence electrons. The third kappa shape index (κ3) is 5.26. The number of carbonyl (C=O) groups excluding carboxylic acids is 1. The molecule has 1 heterocycles. The first-order valence-electron chi connectivity index (χ1n) is 8.50. The maximum absolute atomic E-state index is 12.4. The van der Waals surface area contributed by atoms with E-state index in [1.165, 1.54) is 7.11 Å². The first-order chi connectivity index (χ1) is 14.3. The highest BCUT2D eigenvalue weighted by molar-refractivity contribution is 8.26. The van der Waals surface area contributed by atoms with E-state index in [1.807, 2.05) is 0 Å². The first-order valence-corrected chi connectivity index (χ1v) is 10.5. The molecule has 10 heteroatoms. The molecule has 30 heavy (non-hydrogen) atoms. The van der Waals surface area contributed by atoms with E-state index >= 15 is 0 Å². The summed E-state index contributed by atoms with van der Waals surface area (Å²) in [6.07, 6.45) is 1.63. The third-order valence-corrected chi connectivity index (χ3v) is 6.02. The number of methoxy groups -OCH3 is 1. The molecule has 0 saturated carbocycles. The second-order valence-corrected chi connectivity index (χ2v) is 8.62. The van der Waals surface area contributed by atoms with Crippen LogP contribution in [0.4, 0.5) is 0 Å². The largest absolute Gasteiger partial charge is 0.493 e. The normalized spacial score (nSPS) is 15.0. The fourth-order valence-electron chi connectivity index (χ4n) is 2.61. The van der Waals surface area contributed by atoms with Gasteiger partial charge in [-0.25, -0.2) is 0 Å². The molecule has 0 bridgehead atoms. The lowest BCUT2D eigenvalue weighted by Gasteiger charge is -2.13. The number of halogens is 2. The molecule has 0 atom stereocenters. The molecule has 0 unspecified atom stereocenters. The van der Waals surface area contributed by atoms with Crippen molar-refractivity contribution < 1.29 is 24.2 Å². The van der Waals surface area contributed by atoms with Gasteiger partial charge in [0.05, 0.1) is 12.0 Å². The number of amides is 1. The highest BCUT2D eigenvalue weighted by Gasteiger charge is 2.33. The van der Waals surface area contributed by atoms with Gasteiger partial charge in [-0.3, -0.25) is 14.5 Å². The molecular formula is C20H15Cl2NO5S2. The van der Waals surface area contributed by atoms with Crippen molar-refractivity contribution in [2.45, 2.75) is 6.61 Å². The molecule has 1 aliphatic rings. The average molecular weight is 484 g/mol. The Balaban J connectivity index is 1.82. The summed E-state index contributed by atoms with van der Waals surface area (Å²) in [5.74, 6) is -0.610. The number of rotatable bonds is 7. The smallest absolute Gasteiger partial charge is 0.323 e. The van der Waals surface area contributed by atoms with Crippen LogP contribution in [0.25, 0.3) is 6.08 Å². The zero-order valence-corrected chi connectivity index (χ0v) is 18.7. The standard InChI is InChI=1S/C20H15Cl2NO5S2/c1-27-15-5-2-11(7-17-19(26)23(9-18(24)25)20(29)30-17)6-16(15)28-10-12-3-4-13(21)8-14(12)22/h2-8H,9-10H2,1H3,(H,24,25)/b17-7+. The van der Waals surface area contributed by atoms with Crippen molar-refractivity contribution in [1.29, 1.82) is 0 Å². The van der Waals surface area contributed by atoms with E-state index in [2.05, 4.69) is 0 Å². The van der Waals surface area contributed by atoms with Gasteiger partial charge in [0.25, 0.3) is 5.91 Å². The molecule has 1 aliphatic heterocycles. The van der Waals surface area contributed by atoms with Gasteiger partial charge in [0.1, 0.15) is 17.5 Å². The van der Waals surface area contributed by atoms with Crippen LogP contribution in [0.5, 0.6) is 11.5 Å². The quantitative estimate of drug-likeness (QED) is 0.444. The molecule has 0 aromatic heterocycles. The number of thioether (sulfide) groups is 1. The van der Waals surface area contributed by atoms with Gasteiger partial charge in [0.15, 0.2) is 11.5 Å². The van der Waals surface area contributed by atoms with E-state index in [-0.39, 0.29) is 10.9 Å². The van der Waals surface area contributed by atoms with Crippen LogP contribution in [0.3, 0.4) is 0 Å². The van der Waals surface area contributed by atoms with E-state index in [4.69, 9.17) is 50.0 Å². The molecule has 6 nitrogen and oxygen atoms in total. The zero-order valence-electron chi connectivity index (χ0n) is 15.6. The van der Waals surface area contributed by atoms with Crippen LogP contribution in [-0.4, -0.2) is 39.9 Å². The average Bonchev–Trinajstić information content (AvgIpc) is 2.94. The van der Waals surface area contributed by atoms with E-state index in [0.717, 1.165) is 22.2 Å². The Morgan fingerprint density at radius 1 is 1.23 bits per heavy atom. The Labute approximate surface area is 192 Å². The summed E-state index contributed by atoms with van der Waals surface area (Å²) >= 11 is 18.3. The summed E-state index contributed by atoms with van der Waals surface area (Å²) in [6, 6.07) is 10.3. The molecule has 1 N–H and O–H groups in total. The van der Waals surface area contributed by atoms with E-state index in [0.29, 0.717) is 32.0 Å². The van der Waals surface area contributed by atoms with Crippen molar-refractivity contribution in [3.8, 4) is 11.5 Å². The van der Waals surface area contributed by atoms with Crippen LogP contribution in [0.15, 0.2) is 41.3 Å². The lowest BCUT2D eigenvalue weighted by atomic mass is 10.1. The Kier molecular flexibility index (Phi) is 7.25. The summed E-state index contributed by atoms with van der Waals surface area (Å²) in [5.41, 5.74) is 1.42. The highest BCUT2D eigenvalue weighted by atomic mass is 35.5. The summed E-state index contributed by atoms with van der Waals surface area (Å²) in [6.45, 7) is -0.280. The molecule has 3 rings (SSSR count). The first kappa shape index (κ1) is 22.4. The minimum Gasteiger partial charge on any atom is -0.493 e. The van der Waals surface area contributed by atoms with Gasteiger partial charge >= 0.3 is 5.97 Å². The minimum absolute atomic E-state index is 0.191. The van der Waals surface area contributed by atoms with Crippen molar-refractivity contribution in [2.75, 3.05) is 13.7 Å². The Morgan fingerprint density at radius 3 is 2.67 bits per heavy atom.